The molecule has 0 spiro atoms. The van der Waals surface area contributed by atoms with E-state index in [2.05, 4.69) is 10.3 Å². The molecule has 1 aromatic heterocycles. The summed E-state index contributed by atoms with van der Waals surface area (Å²) in [5, 5.41) is 12.4. The quantitative estimate of drug-likeness (QED) is 0.867. The second-order valence-electron chi connectivity index (χ2n) is 7.44. The number of aliphatic carboxylic acids is 1. The van der Waals surface area contributed by atoms with E-state index in [0.717, 1.165) is 36.9 Å². The third-order valence-electron chi connectivity index (χ3n) is 5.88. The van der Waals surface area contributed by atoms with E-state index < -0.39 is 17.8 Å². The van der Waals surface area contributed by atoms with E-state index >= 15 is 0 Å². The number of amides is 1. The summed E-state index contributed by atoms with van der Waals surface area (Å²) in [6.07, 6.45) is 7.15. The molecule has 4 atom stereocenters. The van der Waals surface area contributed by atoms with E-state index in [1.165, 1.54) is 5.56 Å². The van der Waals surface area contributed by atoms with E-state index in [0.29, 0.717) is 0 Å². The molecule has 2 aliphatic carbocycles. The molecular weight excluding hydrogens is 328 g/mol. The standard InChI is InChI=1S/C21H22N2O3/c24-20(18-15-3-4-16(12-15)19(18)21(25)26)23-17-5-1-13(2-6-17)11-14-7-9-22-10-8-14/h1-2,5-10,15-16,18-19H,3-4,11-12H2,(H,23,24)(H,25,26)/t15-,16+,18-,19+/m0/s1. The molecule has 2 fully saturated rings. The van der Waals surface area contributed by atoms with E-state index in [9.17, 15) is 14.7 Å². The molecule has 0 unspecified atom stereocenters. The van der Waals surface area contributed by atoms with Crippen LogP contribution in [0.4, 0.5) is 5.69 Å². The molecule has 5 nitrogen and oxygen atoms in total. The van der Waals surface area contributed by atoms with Crippen LogP contribution < -0.4 is 5.32 Å². The number of rotatable bonds is 5. The Bertz CT molecular complexity index is 804. The third kappa shape index (κ3) is 3.21. The maximum absolute atomic E-state index is 12.7. The molecule has 2 saturated carbocycles. The van der Waals surface area contributed by atoms with Crippen LogP contribution in [0, 0.1) is 23.7 Å². The second kappa shape index (κ2) is 6.90. The van der Waals surface area contributed by atoms with E-state index in [4.69, 9.17) is 0 Å². The molecule has 4 rings (SSSR count). The molecule has 1 heterocycles. The number of nitrogens with one attached hydrogen (secondary N) is 1. The Morgan fingerprint density at radius 3 is 2.23 bits per heavy atom. The van der Waals surface area contributed by atoms with Crippen LogP contribution in [-0.4, -0.2) is 22.0 Å². The van der Waals surface area contributed by atoms with Crippen LogP contribution in [0.5, 0.6) is 0 Å². The van der Waals surface area contributed by atoms with Crippen LogP contribution in [-0.2, 0) is 16.0 Å². The van der Waals surface area contributed by atoms with Gasteiger partial charge < -0.3 is 10.4 Å². The van der Waals surface area contributed by atoms with E-state index in [1.807, 2.05) is 36.4 Å². The second-order valence-corrected chi connectivity index (χ2v) is 7.44. The number of fused-ring (bicyclic) bond motifs is 2. The van der Waals surface area contributed by atoms with Crippen LogP contribution in [0.1, 0.15) is 30.4 Å². The first-order chi connectivity index (χ1) is 12.6. The average molecular weight is 350 g/mol. The average Bonchev–Trinajstić information content (AvgIpc) is 3.25. The van der Waals surface area contributed by atoms with Crippen LogP contribution in [0.25, 0.3) is 0 Å². The normalized spacial score (nSPS) is 26.6. The molecule has 26 heavy (non-hydrogen) atoms. The van der Waals surface area contributed by atoms with Crippen LogP contribution in [0.3, 0.4) is 0 Å². The number of anilines is 1. The van der Waals surface area contributed by atoms with Crippen molar-refractivity contribution in [1.29, 1.82) is 0 Å². The van der Waals surface area contributed by atoms with Crippen molar-refractivity contribution in [2.45, 2.75) is 25.7 Å². The lowest BCUT2D eigenvalue weighted by molar-refractivity contribution is -0.148. The zero-order chi connectivity index (χ0) is 18.1. The number of nitrogens with zero attached hydrogens (tertiary/aromatic N) is 1. The molecule has 2 bridgehead atoms. The summed E-state index contributed by atoms with van der Waals surface area (Å²) in [6.45, 7) is 0. The Labute approximate surface area is 152 Å². The Morgan fingerprint density at radius 2 is 1.58 bits per heavy atom. The van der Waals surface area contributed by atoms with Gasteiger partial charge in [-0.1, -0.05) is 12.1 Å². The predicted octanol–water partition coefficient (Wildman–Crippen LogP) is 3.36. The van der Waals surface area contributed by atoms with Gasteiger partial charge in [-0.2, -0.15) is 0 Å². The molecule has 5 heteroatoms. The number of carboxylic acid groups (broad SMARTS) is 1. The minimum atomic E-state index is -0.829. The number of carbonyl (C=O) groups excluding carboxylic acids is 1. The number of hydrogen-bond donors (Lipinski definition) is 2. The Kier molecular flexibility index (Phi) is 4.45. The summed E-state index contributed by atoms with van der Waals surface area (Å²) >= 11 is 0. The van der Waals surface area contributed by atoms with Crippen molar-refractivity contribution in [3.05, 3.63) is 59.9 Å². The number of carbonyl (C=O) groups is 2. The van der Waals surface area contributed by atoms with Crippen molar-refractivity contribution in [3.63, 3.8) is 0 Å². The summed E-state index contributed by atoms with van der Waals surface area (Å²) in [4.78, 5) is 28.3. The molecule has 1 amide bonds. The number of carboxylic acids is 1. The first-order valence-corrected chi connectivity index (χ1v) is 9.13. The molecule has 2 N–H and O–H groups in total. The van der Waals surface area contributed by atoms with Gasteiger partial charge in [0.15, 0.2) is 0 Å². The van der Waals surface area contributed by atoms with E-state index in [1.54, 1.807) is 12.4 Å². The molecule has 134 valence electrons. The van der Waals surface area contributed by atoms with Crippen molar-refractivity contribution in [3.8, 4) is 0 Å². The monoisotopic (exact) mass is 350 g/mol. The van der Waals surface area contributed by atoms with Crippen LogP contribution in [0.2, 0.25) is 0 Å². The Hall–Kier alpha value is -2.69. The van der Waals surface area contributed by atoms with Crippen molar-refractivity contribution in [1.82, 2.24) is 4.98 Å². The van der Waals surface area contributed by atoms with Crippen molar-refractivity contribution < 1.29 is 14.7 Å². The van der Waals surface area contributed by atoms with Gasteiger partial charge in [-0.05, 0) is 72.9 Å². The summed E-state index contributed by atoms with van der Waals surface area (Å²) in [7, 11) is 0. The number of hydrogen-bond acceptors (Lipinski definition) is 3. The summed E-state index contributed by atoms with van der Waals surface area (Å²) in [5.41, 5.74) is 3.06. The highest BCUT2D eigenvalue weighted by atomic mass is 16.4. The highest BCUT2D eigenvalue weighted by Gasteiger charge is 2.53. The van der Waals surface area contributed by atoms with Gasteiger partial charge in [-0.15, -0.1) is 0 Å². The molecule has 0 aliphatic heterocycles. The Morgan fingerprint density at radius 1 is 0.962 bits per heavy atom. The van der Waals surface area contributed by atoms with Gasteiger partial charge >= 0.3 is 5.97 Å². The largest absolute Gasteiger partial charge is 0.481 e. The molecular formula is C21H22N2O3. The molecule has 2 aliphatic rings. The van der Waals surface area contributed by atoms with E-state index in [-0.39, 0.29) is 17.7 Å². The highest BCUT2D eigenvalue weighted by molar-refractivity contribution is 5.96. The summed E-state index contributed by atoms with van der Waals surface area (Å²) in [5.74, 6) is -1.53. The maximum Gasteiger partial charge on any atom is 0.307 e. The van der Waals surface area contributed by atoms with Gasteiger partial charge in [0.25, 0.3) is 0 Å². The number of aromatic nitrogens is 1. The minimum absolute atomic E-state index is 0.147. The lowest BCUT2D eigenvalue weighted by Gasteiger charge is -2.27. The SMILES string of the molecule is O=C(O)[C@@H]1[C@@H]2CC[C@@H](C2)[C@@H]1C(=O)Nc1ccc(Cc2ccncc2)cc1. The summed E-state index contributed by atoms with van der Waals surface area (Å²) < 4.78 is 0. The minimum Gasteiger partial charge on any atom is -0.481 e. The zero-order valence-electron chi connectivity index (χ0n) is 14.5. The maximum atomic E-state index is 12.7. The van der Waals surface area contributed by atoms with Crippen molar-refractivity contribution in [2.24, 2.45) is 23.7 Å². The number of benzene rings is 1. The van der Waals surface area contributed by atoms with Gasteiger partial charge in [0, 0.05) is 18.1 Å². The van der Waals surface area contributed by atoms with Crippen LogP contribution in [0.15, 0.2) is 48.8 Å². The van der Waals surface area contributed by atoms with Gasteiger partial charge in [0.05, 0.1) is 11.8 Å². The fraction of sp³-hybridized carbons (Fsp3) is 0.381. The van der Waals surface area contributed by atoms with Gasteiger partial charge in [0.1, 0.15) is 0 Å². The van der Waals surface area contributed by atoms with Crippen molar-refractivity contribution >= 4 is 17.6 Å². The molecule has 1 aromatic carbocycles. The zero-order valence-corrected chi connectivity index (χ0v) is 14.5. The fourth-order valence-corrected chi connectivity index (χ4v) is 4.69. The first kappa shape index (κ1) is 16.8. The lowest BCUT2D eigenvalue weighted by atomic mass is 9.78. The first-order valence-electron chi connectivity index (χ1n) is 9.13. The van der Waals surface area contributed by atoms with Gasteiger partial charge in [-0.3, -0.25) is 14.6 Å². The third-order valence-corrected chi connectivity index (χ3v) is 5.88. The number of pyridine rings is 1. The van der Waals surface area contributed by atoms with Crippen molar-refractivity contribution in [2.75, 3.05) is 5.32 Å². The topological polar surface area (TPSA) is 79.3 Å². The molecule has 0 saturated heterocycles. The van der Waals surface area contributed by atoms with Gasteiger partial charge in [0.2, 0.25) is 5.91 Å². The van der Waals surface area contributed by atoms with Gasteiger partial charge in [-0.25, -0.2) is 0 Å². The predicted molar refractivity (Wildman–Crippen MR) is 97.6 cm³/mol. The van der Waals surface area contributed by atoms with Crippen LogP contribution >= 0.6 is 0 Å². The molecule has 0 radical (unpaired) electrons. The lowest BCUT2D eigenvalue weighted by Crippen LogP contribution is -2.37. The smallest absolute Gasteiger partial charge is 0.307 e. The fourth-order valence-electron chi connectivity index (χ4n) is 4.69. The highest BCUT2D eigenvalue weighted by Crippen LogP contribution is 2.52. The molecule has 2 aromatic rings. The summed E-state index contributed by atoms with van der Waals surface area (Å²) in [6, 6.07) is 11.7. The Balaban J connectivity index is 1.42.